The van der Waals surface area contributed by atoms with E-state index in [0.29, 0.717) is 34.4 Å². The lowest BCUT2D eigenvalue weighted by Crippen LogP contribution is -2.21. The summed E-state index contributed by atoms with van der Waals surface area (Å²) >= 11 is 8.23. The Kier molecular flexibility index (Phi) is 7.37. The summed E-state index contributed by atoms with van der Waals surface area (Å²) in [5, 5.41) is 6.24. The molecule has 1 amide bonds. The molecule has 3 aromatic rings. The van der Waals surface area contributed by atoms with Gasteiger partial charge in [-0.3, -0.25) is 4.79 Å². The van der Waals surface area contributed by atoms with Crippen molar-refractivity contribution in [2.24, 2.45) is 5.10 Å². The predicted octanol–water partition coefficient (Wildman–Crippen LogP) is 6.33. The van der Waals surface area contributed by atoms with Crippen molar-refractivity contribution in [1.29, 1.82) is 0 Å². The van der Waals surface area contributed by atoms with Gasteiger partial charge in [0.25, 0.3) is 5.91 Å². The van der Waals surface area contributed by atoms with Gasteiger partial charge < -0.3 is 9.47 Å². The number of anilines is 1. The fourth-order valence-corrected chi connectivity index (χ4v) is 4.40. The molecule has 0 atom stereocenters. The molecule has 0 aliphatic carbocycles. The lowest BCUT2D eigenvalue weighted by Gasteiger charge is -2.14. The second kappa shape index (κ2) is 10.6. The van der Waals surface area contributed by atoms with Crippen LogP contribution in [0.2, 0.25) is 5.02 Å². The van der Waals surface area contributed by atoms with E-state index in [1.807, 2.05) is 61.5 Å². The normalized spacial score (nSPS) is 14.5. The Hall–Kier alpha value is -3.22. The van der Waals surface area contributed by atoms with Gasteiger partial charge in [-0.05, 0) is 55.0 Å². The summed E-state index contributed by atoms with van der Waals surface area (Å²) in [5.41, 5.74) is 2.59. The Labute approximate surface area is 202 Å². The Morgan fingerprint density at radius 2 is 1.76 bits per heavy atom. The zero-order valence-electron chi connectivity index (χ0n) is 18.3. The monoisotopic (exact) mass is 478 g/mol. The summed E-state index contributed by atoms with van der Waals surface area (Å²) < 4.78 is 11.4. The lowest BCUT2D eigenvalue weighted by molar-refractivity contribution is -0.114. The number of ether oxygens (including phenoxy) is 2. The SMILES string of the molecule is COc1cc(/C=C2/C(=O)N(c3ccccc3)N=C2C)cc(Cl)c1OCCSc1ccccc1. The van der Waals surface area contributed by atoms with Gasteiger partial charge >= 0.3 is 0 Å². The Morgan fingerprint density at radius 1 is 1.06 bits per heavy atom. The first-order valence-electron chi connectivity index (χ1n) is 10.4. The topological polar surface area (TPSA) is 51.1 Å². The molecule has 33 heavy (non-hydrogen) atoms. The van der Waals surface area contributed by atoms with Crippen molar-refractivity contribution < 1.29 is 14.3 Å². The number of benzene rings is 3. The summed E-state index contributed by atoms with van der Waals surface area (Å²) in [7, 11) is 1.57. The van der Waals surface area contributed by atoms with Crippen LogP contribution in [0.3, 0.4) is 0 Å². The predicted molar refractivity (Wildman–Crippen MR) is 136 cm³/mol. The van der Waals surface area contributed by atoms with Crippen LogP contribution >= 0.6 is 23.4 Å². The molecule has 168 valence electrons. The molecule has 0 saturated heterocycles. The molecule has 0 spiro atoms. The zero-order chi connectivity index (χ0) is 23.2. The second-order valence-electron chi connectivity index (χ2n) is 7.24. The Bertz CT molecular complexity index is 1200. The van der Waals surface area contributed by atoms with Gasteiger partial charge in [0.15, 0.2) is 11.5 Å². The molecule has 0 fully saturated rings. The van der Waals surface area contributed by atoms with Crippen LogP contribution < -0.4 is 14.5 Å². The van der Waals surface area contributed by atoms with E-state index in [1.165, 1.54) is 9.90 Å². The van der Waals surface area contributed by atoms with Crippen molar-refractivity contribution in [3.05, 3.63) is 89.0 Å². The summed E-state index contributed by atoms with van der Waals surface area (Å²) in [4.78, 5) is 14.2. The van der Waals surface area contributed by atoms with Gasteiger partial charge in [-0.25, -0.2) is 0 Å². The number of amides is 1. The fraction of sp³-hybridized carbons (Fsp3) is 0.154. The van der Waals surface area contributed by atoms with Gasteiger partial charge in [0.1, 0.15) is 0 Å². The maximum Gasteiger partial charge on any atom is 0.280 e. The number of hydrazone groups is 1. The van der Waals surface area contributed by atoms with Crippen LogP contribution in [-0.2, 0) is 4.79 Å². The molecule has 0 bridgehead atoms. The molecular weight excluding hydrogens is 456 g/mol. The highest BCUT2D eigenvalue weighted by atomic mass is 35.5. The Morgan fingerprint density at radius 3 is 2.45 bits per heavy atom. The van der Waals surface area contributed by atoms with Gasteiger partial charge in [0, 0.05) is 10.6 Å². The van der Waals surface area contributed by atoms with Gasteiger partial charge in [0.2, 0.25) is 0 Å². The molecule has 0 radical (unpaired) electrons. The minimum absolute atomic E-state index is 0.188. The standard InChI is InChI=1S/C26H23ClN2O3S/c1-18-22(26(30)29(28-18)20-9-5-3-6-10-20)15-19-16-23(27)25(24(17-19)31-2)32-13-14-33-21-11-7-4-8-12-21/h3-12,15-17H,13-14H2,1-2H3/b22-15+. The summed E-state index contributed by atoms with van der Waals surface area (Å²) in [6, 6.07) is 23.1. The van der Waals surface area contributed by atoms with E-state index < -0.39 is 0 Å². The fourth-order valence-electron chi connectivity index (χ4n) is 3.38. The summed E-state index contributed by atoms with van der Waals surface area (Å²) in [6.45, 7) is 2.29. The third kappa shape index (κ3) is 5.41. The number of nitrogens with zero attached hydrogens (tertiary/aromatic N) is 2. The zero-order valence-corrected chi connectivity index (χ0v) is 19.9. The molecule has 1 heterocycles. The van der Waals surface area contributed by atoms with E-state index in [1.54, 1.807) is 31.0 Å². The highest BCUT2D eigenvalue weighted by Crippen LogP contribution is 2.37. The van der Waals surface area contributed by atoms with Crippen LogP contribution in [0.4, 0.5) is 5.69 Å². The number of methoxy groups -OCH3 is 1. The molecule has 1 aliphatic rings. The van der Waals surface area contributed by atoms with Crippen LogP contribution in [0.5, 0.6) is 11.5 Å². The molecule has 4 rings (SSSR count). The van der Waals surface area contributed by atoms with E-state index in [0.717, 1.165) is 17.0 Å². The molecule has 3 aromatic carbocycles. The highest BCUT2D eigenvalue weighted by Gasteiger charge is 2.28. The first kappa shape index (κ1) is 23.0. The second-order valence-corrected chi connectivity index (χ2v) is 8.82. The van der Waals surface area contributed by atoms with Crippen molar-refractivity contribution in [2.45, 2.75) is 11.8 Å². The third-order valence-corrected chi connectivity index (χ3v) is 6.22. The van der Waals surface area contributed by atoms with Crippen LogP contribution in [0.1, 0.15) is 12.5 Å². The average molecular weight is 479 g/mol. The molecule has 0 N–H and O–H groups in total. The van der Waals surface area contributed by atoms with Crippen LogP contribution in [0.25, 0.3) is 6.08 Å². The van der Waals surface area contributed by atoms with Gasteiger partial charge in [-0.2, -0.15) is 10.1 Å². The number of para-hydroxylation sites is 1. The number of carbonyl (C=O) groups is 1. The van der Waals surface area contributed by atoms with E-state index in [2.05, 4.69) is 17.2 Å². The van der Waals surface area contributed by atoms with E-state index in [4.69, 9.17) is 21.1 Å². The number of halogens is 1. The first-order valence-corrected chi connectivity index (χ1v) is 11.8. The Balaban J connectivity index is 1.49. The van der Waals surface area contributed by atoms with Crippen LogP contribution in [0, 0.1) is 0 Å². The van der Waals surface area contributed by atoms with Gasteiger partial charge in [-0.1, -0.05) is 48.0 Å². The molecule has 5 nitrogen and oxygen atoms in total. The van der Waals surface area contributed by atoms with Gasteiger partial charge in [-0.15, -0.1) is 11.8 Å². The molecule has 7 heteroatoms. The third-order valence-electron chi connectivity index (χ3n) is 4.97. The average Bonchev–Trinajstić information content (AvgIpc) is 3.12. The number of hydrogen-bond donors (Lipinski definition) is 0. The summed E-state index contributed by atoms with van der Waals surface area (Å²) in [5.74, 6) is 1.59. The highest BCUT2D eigenvalue weighted by molar-refractivity contribution is 7.99. The maximum absolute atomic E-state index is 13.0. The van der Waals surface area contributed by atoms with Crippen molar-refractivity contribution in [1.82, 2.24) is 0 Å². The van der Waals surface area contributed by atoms with Crippen LogP contribution in [-0.4, -0.2) is 31.1 Å². The molecule has 0 aromatic heterocycles. The number of rotatable bonds is 8. The van der Waals surface area contributed by atoms with Crippen molar-refractivity contribution >= 4 is 46.7 Å². The maximum atomic E-state index is 13.0. The van der Waals surface area contributed by atoms with Gasteiger partial charge in [0.05, 0.1) is 35.7 Å². The summed E-state index contributed by atoms with van der Waals surface area (Å²) in [6.07, 6.45) is 1.77. The minimum Gasteiger partial charge on any atom is -0.493 e. The van der Waals surface area contributed by atoms with E-state index in [-0.39, 0.29) is 5.91 Å². The largest absolute Gasteiger partial charge is 0.493 e. The minimum atomic E-state index is -0.188. The number of hydrogen-bond acceptors (Lipinski definition) is 5. The van der Waals surface area contributed by atoms with Crippen molar-refractivity contribution in [2.75, 3.05) is 24.5 Å². The molecule has 1 aliphatic heterocycles. The smallest absolute Gasteiger partial charge is 0.280 e. The number of carbonyl (C=O) groups excluding carboxylic acids is 1. The van der Waals surface area contributed by atoms with Crippen LogP contribution in [0.15, 0.2) is 88.4 Å². The molecular formula is C26H23ClN2O3S. The number of thioether (sulfide) groups is 1. The van der Waals surface area contributed by atoms with Crippen molar-refractivity contribution in [3.63, 3.8) is 0 Å². The first-order chi connectivity index (χ1) is 16.1. The quantitative estimate of drug-likeness (QED) is 0.216. The molecule has 0 saturated carbocycles. The van der Waals surface area contributed by atoms with E-state index >= 15 is 0 Å². The lowest BCUT2D eigenvalue weighted by atomic mass is 10.1. The van der Waals surface area contributed by atoms with E-state index in [9.17, 15) is 4.79 Å². The molecule has 0 unspecified atom stereocenters. The van der Waals surface area contributed by atoms with Crippen molar-refractivity contribution in [3.8, 4) is 11.5 Å².